The summed E-state index contributed by atoms with van der Waals surface area (Å²) in [6.07, 6.45) is 2.01. The number of anilines is 2. The first kappa shape index (κ1) is 22.5. The van der Waals surface area contributed by atoms with Crippen LogP contribution in [0.1, 0.15) is 12.3 Å². The first-order valence-corrected chi connectivity index (χ1v) is 11.4. The van der Waals surface area contributed by atoms with Crippen LogP contribution in [0.15, 0.2) is 57.5 Å². The van der Waals surface area contributed by atoms with Gasteiger partial charge in [0.2, 0.25) is 28.7 Å². The van der Waals surface area contributed by atoms with Gasteiger partial charge in [0.15, 0.2) is 4.34 Å². The Bertz CT molecular complexity index is 1230. The van der Waals surface area contributed by atoms with Crippen LogP contribution in [0.3, 0.4) is 0 Å². The van der Waals surface area contributed by atoms with Gasteiger partial charge < -0.3 is 15.2 Å². The van der Waals surface area contributed by atoms with Gasteiger partial charge in [-0.05, 0) is 36.4 Å². The highest BCUT2D eigenvalue weighted by atomic mass is 32.2. The molecule has 4 rings (SSSR count). The Morgan fingerprint density at radius 2 is 1.91 bits per heavy atom. The van der Waals surface area contributed by atoms with Crippen LogP contribution in [0.5, 0.6) is 0 Å². The summed E-state index contributed by atoms with van der Waals surface area (Å²) in [5, 5.41) is 17.4. The minimum atomic E-state index is -0.378. The van der Waals surface area contributed by atoms with Gasteiger partial charge in [-0.1, -0.05) is 34.3 Å². The van der Waals surface area contributed by atoms with Crippen molar-refractivity contribution in [2.45, 2.75) is 17.2 Å². The molecule has 1 aromatic carbocycles. The Morgan fingerprint density at radius 3 is 2.70 bits per heavy atom. The molecule has 0 saturated carbocycles. The van der Waals surface area contributed by atoms with Gasteiger partial charge in [-0.25, -0.2) is 4.39 Å². The monoisotopic (exact) mass is 485 g/mol. The van der Waals surface area contributed by atoms with E-state index in [4.69, 9.17) is 4.52 Å². The molecule has 168 valence electrons. The van der Waals surface area contributed by atoms with E-state index in [9.17, 15) is 14.0 Å². The first-order chi connectivity index (χ1) is 16.0. The Labute approximate surface area is 195 Å². The molecule has 0 fully saturated rings. The highest BCUT2D eigenvalue weighted by Crippen LogP contribution is 2.25. The van der Waals surface area contributed by atoms with E-state index in [1.165, 1.54) is 36.0 Å². The lowest BCUT2D eigenvalue weighted by atomic mass is 10.3. The van der Waals surface area contributed by atoms with Gasteiger partial charge in [0, 0.05) is 24.7 Å². The third-order valence-electron chi connectivity index (χ3n) is 4.04. The van der Waals surface area contributed by atoms with E-state index in [0.717, 1.165) is 11.3 Å². The summed E-state index contributed by atoms with van der Waals surface area (Å²) >= 11 is 2.33. The predicted octanol–water partition coefficient (Wildman–Crippen LogP) is 3.42. The van der Waals surface area contributed by atoms with Crippen LogP contribution in [0.25, 0.3) is 11.5 Å². The fraction of sp³-hybridized carbons (Fsp3) is 0.150. The second-order valence-electron chi connectivity index (χ2n) is 6.49. The largest absolute Gasteiger partial charge is 0.339 e. The third-order valence-corrected chi connectivity index (χ3v) is 6.01. The number of aryl methyl sites for hydroxylation is 1. The normalized spacial score (nSPS) is 10.7. The molecular formula is C20H16FN7O3S2. The third kappa shape index (κ3) is 6.63. The molecule has 0 unspecified atom stereocenters. The molecule has 0 aliphatic heterocycles. The zero-order valence-electron chi connectivity index (χ0n) is 16.9. The molecule has 10 nitrogen and oxygen atoms in total. The number of nitrogens with one attached hydrogen (secondary N) is 2. The van der Waals surface area contributed by atoms with Crippen LogP contribution in [0.4, 0.5) is 15.2 Å². The molecule has 0 atom stereocenters. The quantitative estimate of drug-likeness (QED) is 0.270. The lowest BCUT2D eigenvalue weighted by Crippen LogP contribution is -2.13. The van der Waals surface area contributed by atoms with Crippen molar-refractivity contribution in [2.75, 3.05) is 16.4 Å². The maximum Gasteiger partial charge on any atom is 0.234 e. The summed E-state index contributed by atoms with van der Waals surface area (Å²) in [6, 6.07) is 10.8. The minimum Gasteiger partial charge on any atom is -0.339 e. The van der Waals surface area contributed by atoms with E-state index < -0.39 is 0 Å². The van der Waals surface area contributed by atoms with E-state index in [0.29, 0.717) is 32.6 Å². The van der Waals surface area contributed by atoms with Crippen molar-refractivity contribution in [3.8, 4) is 11.5 Å². The van der Waals surface area contributed by atoms with Crippen LogP contribution < -0.4 is 10.6 Å². The van der Waals surface area contributed by atoms with Gasteiger partial charge in [0.1, 0.15) is 11.5 Å². The topological polar surface area (TPSA) is 136 Å². The smallest absolute Gasteiger partial charge is 0.234 e. The van der Waals surface area contributed by atoms with Gasteiger partial charge in [0.25, 0.3) is 0 Å². The van der Waals surface area contributed by atoms with Crippen LogP contribution in [-0.4, -0.2) is 42.9 Å². The lowest BCUT2D eigenvalue weighted by Gasteiger charge is -2.03. The molecule has 13 heteroatoms. The Balaban J connectivity index is 1.20. The number of hydrogen-bond donors (Lipinski definition) is 2. The maximum atomic E-state index is 12.9. The Hall–Kier alpha value is -3.71. The van der Waals surface area contributed by atoms with E-state index in [1.54, 1.807) is 18.3 Å². The summed E-state index contributed by atoms with van der Waals surface area (Å²) < 4.78 is 18.6. The van der Waals surface area contributed by atoms with Gasteiger partial charge in [-0.15, -0.1) is 10.2 Å². The zero-order chi connectivity index (χ0) is 23.0. The van der Waals surface area contributed by atoms with E-state index in [2.05, 4.69) is 36.0 Å². The molecule has 0 saturated heterocycles. The number of amides is 2. The van der Waals surface area contributed by atoms with Crippen LogP contribution in [0, 0.1) is 5.82 Å². The number of thioether (sulfide) groups is 1. The number of pyridine rings is 1. The number of hydrogen-bond acceptors (Lipinski definition) is 10. The second-order valence-corrected chi connectivity index (χ2v) is 8.69. The average Bonchev–Trinajstić information content (AvgIpc) is 3.48. The maximum absolute atomic E-state index is 12.9. The number of carbonyl (C=O) groups excluding carboxylic acids is 2. The van der Waals surface area contributed by atoms with Crippen molar-refractivity contribution in [3.63, 3.8) is 0 Å². The van der Waals surface area contributed by atoms with Crippen molar-refractivity contribution >= 4 is 45.7 Å². The molecule has 33 heavy (non-hydrogen) atoms. The van der Waals surface area contributed by atoms with Crippen molar-refractivity contribution in [2.24, 2.45) is 0 Å². The van der Waals surface area contributed by atoms with E-state index in [-0.39, 0.29) is 36.2 Å². The average molecular weight is 486 g/mol. The fourth-order valence-electron chi connectivity index (χ4n) is 2.53. The Morgan fingerprint density at radius 1 is 1.06 bits per heavy atom. The molecule has 3 aromatic heterocycles. The number of rotatable bonds is 9. The number of halogens is 1. The molecule has 2 N–H and O–H groups in total. The summed E-state index contributed by atoms with van der Waals surface area (Å²) in [6.45, 7) is 0. The molecule has 0 radical (unpaired) electrons. The summed E-state index contributed by atoms with van der Waals surface area (Å²) in [4.78, 5) is 32.6. The van der Waals surface area contributed by atoms with Crippen molar-refractivity contribution < 1.29 is 18.5 Å². The first-order valence-electron chi connectivity index (χ1n) is 9.61. The number of carbonyl (C=O) groups is 2. The Kier molecular flexibility index (Phi) is 7.32. The van der Waals surface area contributed by atoms with E-state index >= 15 is 0 Å². The van der Waals surface area contributed by atoms with Crippen LogP contribution in [-0.2, 0) is 16.0 Å². The predicted molar refractivity (Wildman–Crippen MR) is 120 cm³/mol. The lowest BCUT2D eigenvalue weighted by molar-refractivity contribution is -0.116. The molecule has 0 aliphatic rings. The van der Waals surface area contributed by atoms with Gasteiger partial charge >= 0.3 is 0 Å². The molecule has 3 heterocycles. The molecule has 2 amide bonds. The standard InChI is InChI=1S/C20H16FN7O3S2/c21-12-4-6-13(7-5-12)23-16(30)11-32-20-27-26-19(33-20)24-15(29)8-9-17-25-18(28-31-17)14-3-1-2-10-22-14/h1-7,10H,8-9,11H2,(H,23,30)(H,24,26,29). The SMILES string of the molecule is O=C(CSc1nnc(NC(=O)CCc2nc(-c3ccccn3)no2)s1)Nc1ccc(F)cc1. The van der Waals surface area contributed by atoms with Gasteiger partial charge in [-0.3, -0.25) is 14.6 Å². The molecule has 4 aromatic rings. The van der Waals surface area contributed by atoms with Crippen LogP contribution in [0.2, 0.25) is 0 Å². The highest BCUT2D eigenvalue weighted by Gasteiger charge is 2.14. The summed E-state index contributed by atoms with van der Waals surface area (Å²) in [5.41, 5.74) is 1.09. The van der Waals surface area contributed by atoms with Crippen molar-refractivity contribution in [3.05, 3.63) is 60.4 Å². The summed E-state index contributed by atoms with van der Waals surface area (Å²) in [5.74, 6) is -0.148. The van der Waals surface area contributed by atoms with Gasteiger partial charge in [-0.2, -0.15) is 4.98 Å². The molecular weight excluding hydrogens is 469 g/mol. The zero-order valence-corrected chi connectivity index (χ0v) is 18.5. The minimum absolute atomic E-state index is 0.0930. The van der Waals surface area contributed by atoms with E-state index in [1.807, 2.05) is 6.07 Å². The molecule has 0 spiro atoms. The summed E-state index contributed by atoms with van der Waals surface area (Å²) in [7, 11) is 0. The number of benzene rings is 1. The number of nitrogens with zero attached hydrogens (tertiary/aromatic N) is 5. The highest BCUT2D eigenvalue weighted by molar-refractivity contribution is 8.01. The van der Waals surface area contributed by atoms with Crippen molar-refractivity contribution in [1.29, 1.82) is 0 Å². The van der Waals surface area contributed by atoms with Gasteiger partial charge in [0.05, 0.1) is 5.75 Å². The number of aromatic nitrogens is 5. The molecule has 0 aliphatic carbocycles. The van der Waals surface area contributed by atoms with Crippen LogP contribution >= 0.6 is 23.1 Å². The second kappa shape index (κ2) is 10.7. The molecule has 0 bridgehead atoms. The fourth-order valence-corrected chi connectivity index (χ4v) is 4.10. The van der Waals surface area contributed by atoms with Crippen molar-refractivity contribution in [1.82, 2.24) is 25.3 Å².